The second-order valence-corrected chi connectivity index (χ2v) is 7.03. The van der Waals surface area contributed by atoms with Gasteiger partial charge in [0.2, 0.25) is 5.91 Å². The predicted molar refractivity (Wildman–Crippen MR) is 105 cm³/mol. The van der Waals surface area contributed by atoms with Gasteiger partial charge in [0.25, 0.3) is 5.91 Å². The Morgan fingerprint density at radius 3 is 2.81 bits per heavy atom. The van der Waals surface area contributed by atoms with Crippen molar-refractivity contribution in [3.05, 3.63) is 63.5 Å². The van der Waals surface area contributed by atoms with Gasteiger partial charge in [0.05, 0.1) is 30.1 Å². The number of rotatable bonds is 7. The van der Waals surface area contributed by atoms with E-state index in [-0.39, 0.29) is 24.7 Å². The Bertz CT molecular complexity index is 944. The molecule has 0 aliphatic rings. The number of hydrogen-bond acceptors (Lipinski definition) is 6. The molecule has 0 atom stereocenters. The minimum absolute atomic E-state index is 0.167. The number of benzene rings is 1. The van der Waals surface area contributed by atoms with Gasteiger partial charge in [-0.25, -0.2) is 4.98 Å². The molecule has 27 heavy (non-hydrogen) atoms. The summed E-state index contributed by atoms with van der Waals surface area (Å²) in [6.07, 6.45) is 1.52. The summed E-state index contributed by atoms with van der Waals surface area (Å²) in [5, 5.41) is 11.2. The molecule has 140 valence electrons. The molecule has 0 saturated carbocycles. The number of halogens is 2. The Morgan fingerprint density at radius 1 is 1.19 bits per heavy atom. The molecule has 2 aromatic heterocycles. The van der Waals surface area contributed by atoms with Crippen molar-refractivity contribution in [1.29, 1.82) is 0 Å². The van der Waals surface area contributed by atoms with Crippen molar-refractivity contribution in [3.63, 3.8) is 0 Å². The molecule has 10 heteroatoms. The molecule has 3 aromatic rings. The maximum atomic E-state index is 12.1. The highest BCUT2D eigenvalue weighted by Crippen LogP contribution is 2.29. The topological polar surface area (TPSA) is 96.3 Å². The molecule has 3 rings (SSSR count). The standard InChI is InChI=1S/C17H14Cl2N4O3S/c18-10-3-4-12(19)13(6-10)22-17-23-14(9-27-17)16(25)21-8-15(24)20-7-11-2-1-5-26-11/h1-6,9H,7-8H2,(H,20,24)(H,21,25)(H,22,23). The lowest BCUT2D eigenvalue weighted by Gasteiger charge is -2.06. The van der Waals surface area contributed by atoms with Gasteiger partial charge < -0.3 is 20.4 Å². The van der Waals surface area contributed by atoms with Crippen LogP contribution in [-0.4, -0.2) is 23.3 Å². The number of nitrogens with zero attached hydrogens (tertiary/aromatic N) is 1. The number of hydrogen-bond donors (Lipinski definition) is 3. The lowest BCUT2D eigenvalue weighted by molar-refractivity contribution is -0.120. The largest absolute Gasteiger partial charge is 0.467 e. The zero-order valence-electron chi connectivity index (χ0n) is 13.8. The molecule has 0 unspecified atom stereocenters. The van der Waals surface area contributed by atoms with Crippen molar-refractivity contribution in [1.82, 2.24) is 15.6 Å². The molecule has 0 aliphatic heterocycles. The number of carbonyl (C=O) groups is 2. The highest BCUT2D eigenvalue weighted by atomic mass is 35.5. The van der Waals surface area contributed by atoms with E-state index in [1.54, 1.807) is 35.7 Å². The molecule has 2 amide bonds. The molecular formula is C17H14Cl2N4O3S. The van der Waals surface area contributed by atoms with Gasteiger partial charge in [-0.3, -0.25) is 9.59 Å². The number of amides is 2. The molecule has 0 saturated heterocycles. The minimum atomic E-state index is -0.454. The van der Waals surface area contributed by atoms with Gasteiger partial charge in [-0.05, 0) is 30.3 Å². The van der Waals surface area contributed by atoms with Crippen LogP contribution in [0, 0.1) is 0 Å². The monoisotopic (exact) mass is 424 g/mol. The number of thiazole rings is 1. The molecule has 2 heterocycles. The number of aromatic nitrogens is 1. The third kappa shape index (κ3) is 5.46. The molecule has 1 aromatic carbocycles. The first-order valence-corrected chi connectivity index (χ1v) is 9.39. The minimum Gasteiger partial charge on any atom is -0.467 e. The average molecular weight is 425 g/mol. The molecular weight excluding hydrogens is 411 g/mol. The predicted octanol–water partition coefficient (Wildman–Crippen LogP) is 3.83. The van der Waals surface area contributed by atoms with E-state index in [2.05, 4.69) is 20.9 Å². The zero-order valence-corrected chi connectivity index (χ0v) is 16.1. The summed E-state index contributed by atoms with van der Waals surface area (Å²) in [6, 6.07) is 8.47. The summed E-state index contributed by atoms with van der Waals surface area (Å²) in [6.45, 7) is 0.0901. The summed E-state index contributed by atoms with van der Waals surface area (Å²) in [5.74, 6) is -0.159. The Labute approximate surface area is 168 Å². The van der Waals surface area contributed by atoms with Crippen molar-refractivity contribution >= 4 is 57.2 Å². The van der Waals surface area contributed by atoms with Crippen LogP contribution >= 0.6 is 34.5 Å². The van der Waals surface area contributed by atoms with E-state index in [1.165, 1.54) is 17.6 Å². The smallest absolute Gasteiger partial charge is 0.271 e. The van der Waals surface area contributed by atoms with Gasteiger partial charge >= 0.3 is 0 Å². The van der Waals surface area contributed by atoms with Gasteiger partial charge in [0, 0.05) is 10.4 Å². The first-order valence-electron chi connectivity index (χ1n) is 7.76. The fourth-order valence-electron chi connectivity index (χ4n) is 2.06. The van der Waals surface area contributed by atoms with Crippen LogP contribution in [0.1, 0.15) is 16.2 Å². The summed E-state index contributed by atoms with van der Waals surface area (Å²) >= 11 is 13.3. The van der Waals surface area contributed by atoms with Gasteiger partial charge in [0.1, 0.15) is 11.5 Å². The van der Waals surface area contributed by atoms with Crippen LogP contribution in [0.2, 0.25) is 10.0 Å². The maximum absolute atomic E-state index is 12.1. The fourth-order valence-corrected chi connectivity index (χ4v) is 3.10. The third-order valence-corrected chi connectivity index (χ3v) is 4.68. The first-order chi connectivity index (χ1) is 13.0. The second kappa shape index (κ2) is 8.90. The molecule has 0 spiro atoms. The van der Waals surface area contributed by atoms with Crippen LogP contribution in [0.5, 0.6) is 0 Å². The van der Waals surface area contributed by atoms with E-state index in [1.807, 2.05) is 0 Å². The van der Waals surface area contributed by atoms with E-state index in [9.17, 15) is 9.59 Å². The van der Waals surface area contributed by atoms with Gasteiger partial charge in [0.15, 0.2) is 5.13 Å². The van der Waals surface area contributed by atoms with Crippen LogP contribution in [0.3, 0.4) is 0 Å². The quantitative estimate of drug-likeness (QED) is 0.535. The van der Waals surface area contributed by atoms with E-state index in [0.717, 1.165) is 0 Å². The number of carbonyl (C=O) groups excluding carboxylic acids is 2. The van der Waals surface area contributed by atoms with Crippen LogP contribution in [0.25, 0.3) is 0 Å². The van der Waals surface area contributed by atoms with Crippen LogP contribution < -0.4 is 16.0 Å². The molecule has 0 aliphatic carbocycles. The van der Waals surface area contributed by atoms with Crippen molar-refractivity contribution in [2.24, 2.45) is 0 Å². The molecule has 0 radical (unpaired) electrons. The molecule has 0 fully saturated rings. The highest BCUT2D eigenvalue weighted by Gasteiger charge is 2.13. The Balaban J connectivity index is 1.50. The normalized spacial score (nSPS) is 10.4. The van der Waals surface area contributed by atoms with Crippen LogP contribution in [0.4, 0.5) is 10.8 Å². The second-order valence-electron chi connectivity index (χ2n) is 5.33. The van der Waals surface area contributed by atoms with Gasteiger partial charge in [-0.15, -0.1) is 11.3 Å². The molecule has 0 bridgehead atoms. The van der Waals surface area contributed by atoms with Crippen LogP contribution in [-0.2, 0) is 11.3 Å². The van der Waals surface area contributed by atoms with Crippen molar-refractivity contribution < 1.29 is 14.0 Å². The van der Waals surface area contributed by atoms with E-state index in [4.69, 9.17) is 27.6 Å². The fraction of sp³-hybridized carbons (Fsp3) is 0.118. The first kappa shape index (κ1) is 19.2. The summed E-state index contributed by atoms with van der Waals surface area (Å²) < 4.78 is 5.11. The Kier molecular flexibility index (Phi) is 6.33. The average Bonchev–Trinajstić information content (AvgIpc) is 3.33. The zero-order chi connectivity index (χ0) is 19.2. The van der Waals surface area contributed by atoms with Crippen molar-refractivity contribution in [2.45, 2.75) is 6.54 Å². The number of nitrogens with one attached hydrogen (secondary N) is 3. The van der Waals surface area contributed by atoms with Gasteiger partial charge in [-0.1, -0.05) is 23.2 Å². The summed E-state index contributed by atoms with van der Waals surface area (Å²) in [4.78, 5) is 28.1. The molecule has 7 nitrogen and oxygen atoms in total. The van der Waals surface area contributed by atoms with E-state index < -0.39 is 5.91 Å². The Morgan fingerprint density at radius 2 is 2.04 bits per heavy atom. The lowest BCUT2D eigenvalue weighted by Crippen LogP contribution is -2.36. The number of anilines is 2. The Hall–Kier alpha value is -2.55. The van der Waals surface area contributed by atoms with E-state index >= 15 is 0 Å². The SMILES string of the molecule is O=C(CNC(=O)c1csc(Nc2cc(Cl)ccc2Cl)n1)NCc1ccco1. The number of furan rings is 1. The third-order valence-electron chi connectivity index (χ3n) is 3.36. The van der Waals surface area contributed by atoms with Crippen molar-refractivity contribution in [2.75, 3.05) is 11.9 Å². The maximum Gasteiger partial charge on any atom is 0.271 e. The van der Waals surface area contributed by atoms with E-state index in [0.29, 0.717) is 26.6 Å². The highest BCUT2D eigenvalue weighted by molar-refractivity contribution is 7.14. The van der Waals surface area contributed by atoms with Crippen LogP contribution in [0.15, 0.2) is 46.4 Å². The van der Waals surface area contributed by atoms with Gasteiger partial charge in [-0.2, -0.15) is 0 Å². The summed E-state index contributed by atoms with van der Waals surface area (Å²) in [7, 11) is 0. The lowest BCUT2D eigenvalue weighted by atomic mass is 10.3. The molecule has 3 N–H and O–H groups in total. The van der Waals surface area contributed by atoms with Crippen molar-refractivity contribution in [3.8, 4) is 0 Å². The summed E-state index contributed by atoms with van der Waals surface area (Å²) in [5.41, 5.74) is 0.780.